The maximum absolute atomic E-state index is 12.5. The molecule has 2 N–H and O–H groups in total. The number of likely N-dealkylation sites (tertiary alicyclic amines) is 1. The molecule has 2 aromatic rings. The fourth-order valence-corrected chi connectivity index (χ4v) is 3.43. The second kappa shape index (κ2) is 11.6. The van der Waals surface area contributed by atoms with E-state index in [2.05, 4.69) is 19.9 Å². The maximum Gasteiger partial charge on any atom is 0.490 e. The lowest BCUT2D eigenvalue weighted by atomic mass is 10.0. The molecule has 1 amide bonds. The summed E-state index contributed by atoms with van der Waals surface area (Å²) in [5.41, 5.74) is 0.533. The Morgan fingerprint density at radius 2 is 1.19 bits per heavy atom. The van der Waals surface area contributed by atoms with Crippen LogP contribution in [0.2, 0.25) is 0 Å². The zero-order chi connectivity index (χ0) is 27.1. The van der Waals surface area contributed by atoms with Gasteiger partial charge in [0.25, 0.3) is 5.91 Å². The van der Waals surface area contributed by atoms with Gasteiger partial charge in [0, 0.05) is 56.6 Å². The molecule has 196 valence electrons. The number of carbonyl (C=O) groups is 3. The first-order chi connectivity index (χ1) is 16.7. The largest absolute Gasteiger partial charge is 0.490 e. The zero-order valence-electron chi connectivity index (χ0n) is 18.1. The molecule has 0 aliphatic carbocycles. The number of amides is 1. The van der Waals surface area contributed by atoms with E-state index in [0.717, 1.165) is 32.1 Å². The average molecular weight is 523 g/mol. The van der Waals surface area contributed by atoms with Crippen molar-refractivity contribution < 1.29 is 50.9 Å². The Kier molecular flexibility index (Phi) is 9.13. The summed E-state index contributed by atoms with van der Waals surface area (Å²) >= 11 is 0. The van der Waals surface area contributed by atoms with Crippen molar-refractivity contribution in [2.75, 3.05) is 31.1 Å². The lowest BCUT2D eigenvalue weighted by Crippen LogP contribution is -2.34. The number of aromatic nitrogens is 3. The highest BCUT2D eigenvalue weighted by atomic mass is 19.4. The van der Waals surface area contributed by atoms with Gasteiger partial charge in [0.1, 0.15) is 5.69 Å². The van der Waals surface area contributed by atoms with Crippen molar-refractivity contribution in [3.8, 4) is 0 Å². The molecule has 2 unspecified atom stereocenters. The van der Waals surface area contributed by atoms with Gasteiger partial charge < -0.3 is 20.0 Å². The number of hydrogen-bond acceptors (Lipinski definition) is 7. The predicted octanol–water partition coefficient (Wildman–Crippen LogP) is 2.35. The average Bonchev–Trinajstić information content (AvgIpc) is 3.39. The Balaban J connectivity index is 0.000000271. The highest BCUT2D eigenvalue weighted by molar-refractivity contribution is 5.92. The molecule has 2 aliphatic rings. The van der Waals surface area contributed by atoms with Gasteiger partial charge in [-0.1, -0.05) is 6.07 Å². The van der Waals surface area contributed by atoms with Gasteiger partial charge >= 0.3 is 24.3 Å². The molecular weight excluding hydrogens is 504 g/mol. The minimum Gasteiger partial charge on any atom is -0.475 e. The molecule has 0 saturated carbocycles. The molecule has 10 nitrogen and oxygen atoms in total. The summed E-state index contributed by atoms with van der Waals surface area (Å²) in [6, 6.07) is 7.28. The van der Waals surface area contributed by atoms with E-state index >= 15 is 0 Å². The number of carboxylic acid groups (broad SMARTS) is 2. The number of alkyl halides is 6. The van der Waals surface area contributed by atoms with Crippen molar-refractivity contribution in [3.05, 3.63) is 48.5 Å². The molecule has 0 aromatic carbocycles. The maximum atomic E-state index is 12.5. The van der Waals surface area contributed by atoms with Gasteiger partial charge in [-0.15, -0.1) is 0 Å². The minimum atomic E-state index is -5.08. The molecule has 16 heteroatoms. The highest BCUT2D eigenvalue weighted by Gasteiger charge is 2.42. The first-order valence-corrected chi connectivity index (χ1v) is 10.0. The minimum absolute atomic E-state index is 0.0394. The normalized spacial score (nSPS) is 18.8. The smallest absolute Gasteiger partial charge is 0.475 e. The van der Waals surface area contributed by atoms with Gasteiger partial charge in [-0.25, -0.2) is 19.6 Å². The summed E-state index contributed by atoms with van der Waals surface area (Å²) in [6.45, 7) is 3.42. The third kappa shape index (κ3) is 8.06. The van der Waals surface area contributed by atoms with Gasteiger partial charge in [-0.3, -0.25) is 9.78 Å². The number of pyridine rings is 1. The van der Waals surface area contributed by atoms with Crippen LogP contribution < -0.4 is 4.90 Å². The fraction of sp³-hybridized carbons (Fsp3) is 0.400. The number of anilines is 1. The number of hydrogen-bond donors (Lipinski definition) is 2. The van der Waals surface area contributed by atoms with E-state index in [9.17, 15) is 31.1 Å². The molecule has 0 spiro atoms. The van der Waals surface area contributed by atoms with E-state index in [0.29, 0.717) is 17.5 Å². The van der Waals surface area contributed by atoms with Crippen LogP contribution in [0.5, 0.6) is 0 Å². The fourth-order valence-electron chi connectivity index (χ4n) is 3.43. The lowest BCUT2D eigenvalue weighted by Gasteiger charge is -2.21. The Labute approximate surface area is 199 Å². The molecular formula is C20H19F6N5O5. The lowest BCUT2D eigenvalue weighted by molar-refractivity contribution is -0.193. The van der Waals surface area contributed by atoms with Crippen LogP contribution in [0.3, 0.4) is 0 Å². The molecule has 2 saturated heterocycles. The topological polar surface area (TPSA) is 137 Å². The zero-order valence-corrected chi connectivity index (χ0v) is 18.1. The quantitative estimate of drug-likeness (QED) is 0.569. The van der Waals surface area contributed by atoms with Gasteiger partial charge in [-0.05, 0) is 18.2 Å². The predicted molar refractivity (Wildman–Crippen MR) is 109 cm³/mol. The highest BCUT2D eigenvalue weighted by Crippen LogP contribution is 2.33. The van der Waals surface area contributed by atoms with E-state index in [1.807, 2.05) is 23.1 Å². The van der Waals surface area contributed by atoms with Crippen LogP contribution in [0.4, 0.5) is 32.3 Å². The van der Waals surface area contributed by atoms with Crippen molar-refractivity contribution in [2.45, 2.75) is 12.4 Å². The second-order valence-corrected chi connectivity index (χ2v) is 7.50. The summed E-state index contributed by atoms with van der Waals surface area (Å²) in [6.07, 6.45) is -4.96. The van der Waals surface area contributed by atoms with Crippen LogP contribution in [-0.4, -0.2) is 86.4 Å². The number of carbonyl (C=O) groups excluding carboxylic acids is 1. The summed E-state index contributed by atoms with van der Waals surface area (Å²) in [4.78, 5) is 47.2. The van der Waals surface area contributed by atoms with E-state index < -0.39 is 24.3 Å². The van der Waals surface area contributed by atoms with Gasteiger partial charge in [0.05, 0.1) is 0 Å². The van der Waals surface area contributed by atoms with Gasteiger partial charge in [0.15, 0.2) is 0 Å². The van der Waals surface area contributed by atoms with E-state index in [4.69, 9.17) is 19.8 Å². The molecule has 36 heavy (non-hydrogen) atoms. The van der Waals surface area contributed by atoms with Gasteiger partial charge in [0.2, 0.25) is 5.95 Å². The van der Waals surface area contributed by atoms with Crippen LogP contribution in [0.1, 0.15) is 10.5 Å². The summed E-state index contributed by atoms with van der Waals surface area (Å²) in [5, 5.41) is 14.2. The summed E-state index contributed by atoms with van der Waals surface area (Å²) in [7, 11) is 0. The Hall–Kier alpha value is -3.98. The number of aliphatic carboxylic acids is 2. The Bertz CT molecular complexity index is 1000. The number of fused-ring (bicyclic) bond motifs is 1. The summed E-state index contributed by atoms with van der Waals surface area (Å²) < 4.78 is 63.5. The second-order valence-electron chi connectivity index (χ2n) is 7.50. The number of halogens is 6. The third-order valence-electron chi connectivity index (χ3n) is 4.98. The molecule has 0 radical (unpaired) electrons. The van der Waals surface area contributed by atoms with Crippen molar-refractivity contribution in [3.63, 3.8) is 0 Å². The van der Waals surface area contributed by atoms with Crippen LogP contribution in [0.15, 0.2) is 42.9 Å². The van der Waals surface area contributed by atoms with Gasteiger partial charge in [-0.2, -0.15) is 26.3 Å². The Morgan fingerprint density at radius 3 is 1.58 bits per heavy atom. The van der Waals surface area contributed by atoms with Crippen LogP contribution in [0.25, 0.3) is 0 Å². The molecule has 4 heterocycles. The monoisotopic (exact) mass is 523 g/mol. The first kappa shape index (κ1) is 28.3. The third-order valence-corrected chi connectivity index (χ3v) is 4.98. The molecule has 2 aliphatic heterocycles. The Morgan fingerprint density at radius 1 is 0.750 bits per heavy atom. The molecule has 2 atom stereocenters. The van der Waals surface area contributed by atoms with Crippen LogP contribution in [0, 0.1) is 11.8 Å². The van der Waals surface area contributed by atoms with Crippen molar-refractivity contribution >= 4 is 23.8 Å². The van der Waals surface area contributed by atoms with E-state index in [1.54, 1.807) is 24.7 Å². The first-order valence-electron chi connectivity index (χ1n) is 10.0. The van der Waals surface area contributed by atoms with Crippen molar-refractivity contribution in [2.24, 2.45) is 11.8 Å². The number of carboxylic acids is 2. The number of nitrogens with zero attached hydrogens (tertiary/aromatic N) is 5. The van der Waals surface area contributed by atoms with E-state index in [-0.39, 0.29) is 5.91 Å². The summed E-state index contributed by atoms with van der Waals surface area (Å²) in [5.74, 6) is -3.69. The van der Waals surface area contributed by atoms with E-state index in [1.165, 1.54) is 0 Å². The SMILES string of the molecule is O=C(O)C(F)(F)F.O=C(O)C(F)(F)F.O=C(c1ccccn1)N1CC2CN(c3ncccn3)CC2C1. The number of rotatable bonds is 2. The molecule has 4 rings (SSSR count). The molecule has 2 aromatic heterocycles. The van der Waals surface area contributed by atoms with Crippen LogP contribution in [-0.2, 0) is 9.59 Å². The van der Waals surface area contributed by atoms with Crippen molar-refractivity contribution in [1.82, 2.24) is 19.9 Å². The van der Waals surface area contributed by atoms with Crippen molar-refractivity contribution in [1.29, 1.82) is 0 Å². The standard InChI is InChI=1S/C16H17N5O.2C2HF3O2/c22-15(14-4-1-2-5-17-14)20-8-12-10-21(11-13(12)9-20)16-18-6-3-7-19-16;2*3-2(4,5)1(6)7/h1-7,12-13H,8-11H2;2*(H,6,7). The molecule has 2 fully saturated rings. The van der Waals surface area contributed by atoms with Crippen LogP contribution >= 0.6 is 0 Å². The molecule has 0 bridgehead atoms.